The third-order valence-corrected chi connectivity index (χ3v) is 1.87. The van der Waals surface area contributed by atoms with Crippen LogP contribution in [0, 0.1) is 5.82 Å². The van der Waals surface area contributed by atoms with Crippen molar-refractivity contribution >= 4 is 0 Å². The summed E-state index contributed by atoms with van der Waals surface area (Å²) in [4.78, 5) is 3.12. The van der Waals surface area contributed by atoms with Gasteiger partial charge in [-0.3, -0.25) is 0 Å². The van der Waals surface area contributed by atoms with Crippen LogP contribution in [-0.4, -0.2) is 14.8 Å². The number of benzene rings is 1. The SMILES string of the molecule is Fc1ccc(-n2ncnc2C(F)(F)F)cc1. The first-order valence-corrected chi connectivity index (χ1v) is 4.21. The van der Waals surface area contributed by atoms with Gasteiger partial charge in [-0.15, -0.1) is 0 Å². The first-order valence-electron chi connectivity index (χ1n) is 4.21. The van der Waals surface area contributed by atoms with Gasteiger partial charge in [-0.05, 0) is 24.3 Å². The Morgan fingerprint density at radius 2 is 1.69 bits per heavy atom. The van der Waals surface area contributed by atoms with Crippen molar-refractivity contribution in [2.24, 2.45) is 0 Å². The van der Waals surface area contributed by atoms with Crippen molar-refractivity contribution in [3.05, 3.63) is 42.2 Å². The van der Waals surface area contributed by atoms with E-state index in [4.69, 9.17) is 0 Å². The number of hydrogen-bond donors (Lipinski definition) is 0. The van der Waals surface area contributed by atoms with Gasteiger partial charge in [0.05, 0.1) is 5.69 Å². The van der Waals surface area contributed by atoms with E-state index in [9.17, 15) is 17.6 Å². The second-order valence-corrected chi connectivity index (χ2v) is 2.97. The first kappa shape index (κ1) is 10.6. The van der Waals surface area contributed by atoms with Gasteiger partial charge in [0.25, 0.3) is 0 Å². The van der Waals surface area contributed by atoms with Crippen LogP contribution in [0.15, 0.2) is 30.6 Å². The highest BCUT2D eigenvalue weighted by Crippen LogP contribution is 2.28. The van der Waals surface area contributed by atoms with Crippen molar-refractivity contribution in [2.75, 3.05) is 0 Å². The van der Waals surface area contributed by atoms with E-state index in [0.717, 1.165) is 18.5 Å². The average Bonchev–Trinajstić information content (AvgIpc) is 2.66. The molecule has 0 aliphatic rings. The van der Waals surface area contributed by atoms with E-state index in [0.29, 0.717) is 4.68 Å². The number of hydrogen-bond acceptors (Lipinski definition) is 2. The molecule has 0 atom stereocenters. The molecule has 0 amide bonds. The highest BCUT2D eigenvalue weighted by atomic mass is 19.4. The highest BCUT2D eigenvalue weighted by molar-refractivity contribution is 5.31. The molecule has 7 heteroatoms. The fraction of sp³-hybridized carbons (Fsp3) is 0.111. The molecule has 0 unspecified atom stereocenters. The smallest absolute Gasteiger partial charge is 0.211 e. The standard InChI is InChI=1S/C9H5F4N3/c10-6-1-3-7(4-2-6)16-8(9(11,12)13)14-5-15-16/h1-5H. The number of halogens is 4. The Bertz CT molecular complexity index is 486. The van der Waals surface area contributed by atoms with E-state index >= 15 is 0 Å². The monoisotopic (exact) mass is 231 g/mol. The van der Waals surface area contributed by atoms with Crippen LogP contribution in [0.3, 0.4) is 0 Å². The summed E-state index contributed by atoms with van der Waals surface area (Å²) in [6.07, 6.45) is -3.79. The summed E-state index contributed by atoms with van der Waals surface area (Å²) in [5, 5.41) is 3.45. The molecule has 0 saturated carbocycles. The zero-order chi connectivity index (χ0) is 11.8. The number of alkyl halides is 3. The van der Waals surface area contributed by atoms with Crippen molar-refractivity contribution in [1.29, 1.82) is 0 Å². The van der Waals surface area contributed by atoms with E-state index < -0.39 is 17.8 Å². The fourth-order valence-electron chi connectivity index (χ4n) is 1.21. The van der Waals surface area contributed by atoms with Gasteiger partial charge < -0.3 is 0 Å². The van der Waals surface area contributed by atoms with Crippen LogP contribution in [0.25, 0.3) is 5.69 Å². The van der Waals surface area contributed by atoms with E-state index in [1.807, 2.05) is 0 Å². The second kappa shape index (κ2) is 3.58. The van der Waals surface area contributed by atoms with Gasteiger partial charge in [0.2, 0.25) is 5.82 Å². The lowest BCUT2D eigenvalue weighted by molar-refractivity contribution is -0.146. The molecular weight excluding hydrogens is 226 g/mol. The summed E-state index contributed by atoms with van der Waals surface area (Å²) in [7, 11) is 0. The Kier molecular flexibility index (Phi) is 2.37. The molecule has 0 fully saturated rings. The second-order valence-electron chi connectivity index (χ2n) is 2.97. The number of rotatable bonds is 1. The molecule has 0 saturated heterocycles. The summed E-state index contributed by atoms with van der Waals surface area (Å²) in [5.74, 6) is -1.67. The van der Waals surface area contributed by atoms with Gasteiger partial charge in [0, 0.05) is 0 Å². The predicted molar refractivity (Wildman–Crippen MR) is 46.3 cm³/mol. The van der Waals surface area contributed by atoms with Gasteiger partial charge in [-0.1, -0.05) is 0 Å². The van der Waals surface area contributed by atoms with E-state index in [1.54, 1.807) is 0 Å². The van der Waals surface area contributed by atoms with Gasteiger partial charge in [-0.2, -0.15) is 18.3 Å². The molecule has 0 aliphatic heterocycles. The molecule has 2 rings (SSSR count). The Hall–Kier alpha value is -1.92. The Labute approximate surface area is 87.3 Å². The quantitative estimate of drug-likeness (QED) is 0.705. The summed E-state index contributed by atoms with van der Waals surface area (Å²) in [5.41, 5.74) is 0.103. The average molecular weight is 231 g/mol. The Morgan fingerprint density at radius 3 is 2.25 bits per heavy atom. The number of nitrogens with zero attached hydrogens (tertiary/aromatic N) is 3. The largest absolute Gasteiger partial charge is 0.451 e. The molecule has 1 aromatic carbocycles. The van der Waals surface area contributed by atoms with Crippen LogP contribution in [0.5, 0.6) is 0 Å². The van der Waals surface area contributed by atoms with Crippen molar-refractivity contribution < 1.29 is 17.6 Å². The minimum Gasteiger partial charge on any atom is -0.211 e. The normalized spacial score (nSPS) is 11.8. The third-order valence-electron chi connectivity index (χ3n) is 1.87. The molecule has 1 heterocycles. The summed E-state index contributed by atoms with van der Waals surface area (Å²) >= 11 is 0. The lowest BCUT2D eigenvalue weighted by atomic mass is 10.3. The van der Waals surface area contributed by atoms with Crippen LogP contribution >= 0.6 is 0 Å². The molecule has 16 heavy (non-hydrogen) atoms. The molecule has 84 valence electrons. The lowest BCUT2D eigenvalue weighted by Gasteiger charge is -2.08. The lowest BCUT2D eigenvalue weighted by Crippen LogP contribution is -2.14. The molecular formula is C9H5F4N3. The molecule has 0 N–H and O–H groups in total. The van der Waals surface area contributed by atoms with E-state index in [1.165, 1.54) is 12.1 Å². The predicted octanol–water partition coefficient (Wildman–Crippen LogP) is 2.43. The molecule has 2 aromatic rings. The molecule has 1 aromatic heterocycles. The maximum atomic E-state index is 12.6. The van der Waals surface area contributed by atoms with Crippen LogP contribution in [0.1, 0.15) is 5.82 Å². The summed E-state index contributed by atoms with van der Waals surface area (Å²) in [6.45, 7) is 0. The van der Waals surface area contributed by atoms with Gasteiger partial charge in [0.1, 0.15) is 12.1 Å². The zero-order valence-corrected chi connectivity index (χ0v) is 7.74. The molecule has 3 nitrogen and oxygen atoms in total. The summed E-state index contributed by atoms with van der Waals surface area (Å²) in [6, 6.07) is 4.49. The zero-order valence-electron chi connectivity index (χ0n) is 7.74. The van der Waals surface area contributed by atoms with Crippen LogP contribution < -0.4 is 0 Å². The molecule has 0 spiro atoms. The van der Waals surface area contributed by atoms with Crippen LogP contribution in [0.2, 0.25) is 0 Å². The molecule has 0 aliphatic carbocycles. The highest BCUT2D eigenvalue weighted by Gasteiger charge is 2.37. The topological polar surface area (TPSA) is 30.7 Å². The molecule has 0 bridgehead atoms. The third kappa shape index (κ3) is 1.88. The van der Waals surface area contributed by atoms with Crippen molar-refractivity contribution in [3.8, 4) is 5.69 Å². The minimum absolute atomic E-state index is 0.103. The summed E-state index contributed by atoms with van der Waals surface area (Å²) < 4.78 is 50.6. The van der Waals surface area contributed by atoms with Crippen molar-refractivity contribution in [1.82, 2.24) is 14.8 Å². The molecule has 0 radical (unpaired) electrons. The van der Waals surface area contributed by atoms with E-state index in [2.05, 4.69) is 10.1 Å². The Balaban J connectivity index is 2.49. The van der Waals surface area contributed by atoms with Crippen LogP contribution in [-0.2, 0) is 6.18 Å². The van der Waals surface area contributed by atoms with Crippen molar-refractivity contribution in [3.63, 3.8) is 0 Å². The van der Waals surface area contributed by atoms with Gasteiger partial charge >= 0.3 is 6.18 Å². The fourth-order valence-corrected chi connectivity index (χ4v) is 1.21. The number of aromatic nitrogens is 3. The van der Waals surface area contributed by atoms with E-state index in [-0.39, 0.29) is 5.69 Å². The van der Waals surface area contributed by atoms with Crippen LogP contribution in [0.4, 0.5) is 17.6 Å². The van der Waals surface area contributed by atoms with Crippen molar-refractivity contribution in [2.45, 2.75) is 6.18 Å². The van der Waals surface area contributed by atoms with Gasteiger partial charge in [0.15, 0.2) is 0 Å². The minimum atomic E-state index is -4.59. The Morgan fingerprint density at radius 1 is 1.06 bits per heavy atom. The maximum Gasteiger partial charge on any atom is 0.451 e. The maximum absolute atomic E-state index is 12.6. The van der Waals surface area contributed by atoms with Gasteiger partial charge in [-0.25, -0.2) is 14.1 Å². The first-order chi connectivity index (χ1) is 7.48.